The average molecular weight is 367 g/mol. The van der Waals surface area contributed by atoms with E-state index >= 15 is 0 Å². The summed E-state index contributed by atoms with van der Waals surface area (Å²) in [4.78, 5) is 9.68. The van der Waals surface area contributed by atoms with Crippen LogP contribution >= 0.6 is 15.9 Å². The van der Waals surface area contributed by atoms with Gasteiger partial charge in [0.1, 0.15) is 11.5 Å². The summed E-state index contributed by atoms with van der Waals surface area (Å²) in [5.41, 5.74) is 3.37. The Hall–Kier alpha value is -2.08. The van der Waals surface area contributed by atoms with Gasteiger partial charge in [0.15, 0.2) is 0 Å². The van der Waals surface area contributed by atoms with Gasteiger partial charge in [-0.1, -0.05) is 22.9 Å². The predicted molar refractivity (Wildman–Crippen MR) is 90.2 cm³/mol. The third-order valence-electron chi connectivity index (χ3n) is 2.57. The lowest BCUT2D eigenvalue weighted by molar-refractivity contribution is -0.109. The molecular formula is C16H19BrN2O3. The van der Waals surface area contributed by atoms with Gasteiger partial charge in [0.05, 0.1) is 19.1 Å². The molecule has 0 aliphatic heterocycles. The van der Waals surface area contributed by atoms with Crippen LogP contribution in [0.1, 0.15) is 25.2 Å². The van der Waals surface area contributed by atoms with E-state index in [2.05, 4.69) is 39.4 Å². The van der Waals surface area contributed by atoms with Crippen LogP contribution in [0.2, 0.25) is 0 Å². The Kier molecular flexibility index (Phi) is 8.67. The summed E-state index contributed by atoms with van der Waals surface area (Å²) in [6.07, 6.45) is 4.44. The number of hydrogen-bond acceptors (Lipinski definition) is 4. The predicted octanol–water partition coefficient (Wildman–Crippen LogP) is 3.77. The van der Waals surface area contributed by atoms with Gasteiger partial charge in [0.25, 0.3) is 0 Å². The summed E-state index contributed by atoms with van der Waals surface area (Å²) in [6, 6.07) is 9.58. The van der Waals surface area contributed by atoms with Crippen LogP contribution in [0.4, 0.5) is 0 Å². The van der Waals surface area contributed by atoms with Crippen molar-refractivity contribution in [3.8, 4) is 5.75 Å². The number of nitrogens with zero attached hydrogens (tertiary/aromatic N) is 1. The molecule has 0 bridgehead atoms. The van der Waals surface area contributed by atoms with E-state index < -0.39 is 0 Å². The first kappa shape index (κ1) is 18.0. The first-order valence-corrected chi connectivity index (χ1v) is 7.67. The number of amides is 1. The molecule has 1 aromatic carbocycles. The van der Waals surface area contributed by atoms with Crippen LogP contribution < -0.4 is 10.2 Å². The van der Waals surface area contributed by atoms with Crippen LogP contribution in [0.3, 0.4) is 0 Å². The molecule has 22 heavy (non-hydrogen) atoms. The van der Waals surface area contributed by atoms with Gasteiger partial charge in [-0.05, 0) is 49.2 Å². The summed E-state index contributed by atoms with van der Waals surface area (Å²) in [5.74, 6) is 1.61. The minimum Gasteiger partial charge on any atom is -0.494 e. The SMILES string of the molecule is CCOc1ccc(Br)cc1CC.O=CN/N=C/c1ccco1. The van der Waals surface area contributed by atoms with Crippen LogP contribution in [0.15, 0.2) is 50.6 Å². The third-order valence-corrected chi connectivity index (χ3v) is 3.06. The molecule has 0 radical (unpaired) electrons. The van der Waals surface area contributed by atoms with Gasteiger partial charge in [0.2, 0.25) is 6.41 Å². The highest BCUT2D eigenvalue weighted by Gasteiger charge is 2.00. The van der Waals surface area contributed by atoms with Crippen molar-refractivity contribution in [2.75, 3.05) is 6.61 Å². The molecule has 1 aromatic heterocycles. The number of halogens is 1. The van der Waals surface area contributed by atoms with Crippen molar-refractivity contribution in [1.82, 2.24) is 5.43 Å². The van der Waals surface area contributed by atoms with E-state index in [9.17, 15) is 4.79 Å². The molecule has 6 heteroatoms. The summed E-state index contributed by atoms with van der Waals surface area (Å²) >= 11 is 3.43. The van der Waals surface area contributed by atoms with Crippen molar-refractivity contribution < 1.29 is 13.9 Å². The van der Waals surface area contributed by atoms with E-state index in [0.29, 0.717) is 12.2 Å². The summed E-state index contributed by atoms with van der Waals surface area (Å²) in [6.45, 7) is 4.86. The van der Waals surface area contributed by atoms with Gasteiger partial charge in [-0.15, -0.1) is 0 Å². The monoisotopic (exact) mass is 366 g/mol. The number of ether oxygens (including phenoxy) is 1. The smallest absolute Gasteiger partial charge is 0.227 e. The topological polar surface area (TPSA) is 63.8 Å². The van der Waals surface area contributed by atoms with Crippen LogP contribution in [0.25, 0.3) is 0 Å². The molecule has 1 heterocycles. The highest BCUT2D eigenvalue weighted by molar-refractivity contribution is 9.10. The largest absolute Gasteiger partial charge is 0.494 e. The number of carbonyl (C=O) groups is 1. The molecule has 118 valence electrons. The maximum atomic E-state index is 9.68. The van der Waals surface area contributed by atoms with Gasteiger partial charge >= 0.3 is 0 Å². The Balaban J connectivity index is 0.000000224. The Bertz CT molecular complexity index is 583. The highest BCUT2D eigenvalue weighted by atomic mass is 79.9. The van der Waals surface area contributed by atoms with Gasteiger partial charge in [0, 0.05) is 4.47 Å². The van der Waals surface area contributed by atoms with Gasteiger partial charge in [-0.25, -0.2) is 5.43 Å². The van der Waals surface area contributed by atoms with E-state index in [1.54, 1.807) is 12.1 Å². The first-order valence-electron chi connectivity index (χ1n) is 6.88. The van der Waals surface area contributed by atoms with Gasteiger partial charge in [-0.2, -0.15) is 5.10 Å². The Morgan fingerprint density at radius 2 is 2.18 bits per heavy atom. The Morgan fingerprint density at radius 1 is 1.36 bits per heavy atom. The number of aryl methyl sites for hydroxylation is 1. The van der Waals surface area contributed by atoms with Crippen molar-refractivity contribution in [3.63, 3.8) is 0 Å². The standard InChI is InChI=1S/C10H13BrO.C6H6N2O2/c1-3-8-7-9(11)5-6-10(8)12-4-2;9-5-8-7-4-6-2-1-3-10-6/h5-7H,3-4H2,1-2H3;1-5H,(H,8,9)/b;7-4+. The molecule has 0 fully saturated rings. The lowest BCUT2D eigenvalue weighted by Crippen LogP contribution is -1.99. The van der Waals surface area contributed by atoms with Crippen molar-refractivity contribution in [2.24, 2.45) is 5.10 Å². The van der Waals surface area contributed by atoms with Crippen LogP contribution in [-0.2, 0) is 11.2 Å². The molecule has 0 aliphatic carbocycles. The van der Waals surface area contributed by atoms with E-state index in [0.717, 1.165) is 23.2 Å². The van der Waals surface area contributed by atoms with Crippen LogP contribution in [0, 0.1) is 0 Å². The van der Waals surface area contributed by atoms with E-state index in [4.69, 9.17) is 9.15 Å². The Labute approximate surface area is 138 Å². The van der Waals surface area contributed by atoms with Crippen molar-refractivity contribution in [2.45, 2.75) is 20.3 Å². The molecule has 0 atom stereocenters. The second-order valence-corrected chi connectivity index (χ2v) is 4.97. The average Bonchev–Trinajstić information content (AvgIpc) is 3.03. The van der Waals surface area contributed by atoms with Crippen molar-refractivity contribution in [1.29, 1.82) is 0 Å². The quantitative estimate of drug-likeness (QED) is 0.480. The second kappa shape index (κ2) is 10.6. The molecule has 0 saturated heterocycles. The number of benzene rings is 1. The molecular weight excluding hydrogens is 348 g/mol. The zero-order valence-electron chi connectivity index (χ0n) is 12.6. The van der Waals surface area contributed by atoms with Crippen LogP contribution in [0.5, 0.6) is 5.75 Å². The lowest BCUT2D eigenvalue weighted by Gasteiger charge is -2.08. The molecule has 0 aliphatic rings. The minimum atomic E-state index is 0.486. The maximum Gasteiger partial charge on any atom is 0.227 e. The van der Waals surface area contributed by atoms with E-state index in [1.165, 1.54) is 18.0 Å². The molecule has 0 saturated carbocycles. The first-order chi connectivity index (χ1) is 10.7. The number of nitrogens with one attached hydrogen (secondary N) is 1. The normalized spacial score (nSPS) is 9.95. The number of carbonyl (C=O) groups excluding carboxylic acids is 1. The number of hydrazone groups is 1. The second-order valence-electron chi connectivity index (χ2n) is 4.06. The van der Waals surface area contributed by atoms with Crippen molar-refractivity contribution in [3.05, 3.63) is 52.4 Å². The lowest BCUT2D eigenvalue weighted by atomic mass is 10.1. The Morgan fingerprint density at radius 3 is 2.77 bits per heavy atom. The number of furan rings is 1. The molecule has 1 N–H and O–H groups in total. The minimum absolute atomic E-state index is 0.486. The van der Waals surface area contributed by atoms with Crippen molar-refractivity contribution >= 4 is 28.6 Å². The zero-order valence-corrected chi connectivity index (χ0v) is 14.2. The highest BCUT2D eigenvalue weighted by Crippen LogP contribution is 2.23. The summed E-state index contributed by atoms with van der Waals surface area (Å²) < 4.78 is 11.5. The molecule has 0 spiro atoms. The molecule has 1 amide bonds. The zero-order chi connectivity index (χ0) is 16.2. The summed E-state index contributed by atoms with van der Waals surface area (Å²) in [5, 5.41) is 3.50. The fraction of sp³-hybridized carbons (Fsp3) is 0.250. The molecule has 2 aromatic rings. The maximum absolute atomic E-state index is 9.68. The third kappa shape index (κ3) is 6.58. The van der Waals surface area contributed by atoms with Crippen LogP contribution in [-0.4, -0.2) is 19.2 Å². The van der Waals surface area contributed by atoms with Gasteiger partial charge < -0.3 is 9.15 Å². The fourth-order valence-corrected chi connectivity index (χ4v) is 2.03. The van der Waals surface area contributed by atoms with Gasteiger partial charge in [-0.3, -0.25) is 4.79 Å². The summed E-state index contributed by atoms with van der Waals surface area (Å²) in [7, 11) is 0. The fourth-order valence-electron chi connectivity index (χ4n) is 1.62. The number of hydrogen-bond donors (Lipinski definition) is 1. The number of rotatable bonds is 6. The molecule has 5 nitrogen and oxygen atoms in total. The van der Waals surface area contributed by atoms with E-state index in [1.807, 2.05) is 19.1 Å². The molecule has 0 unspecified atom stereocenters. The van der Waals surface area contributed by atoms with E-state index in [-0.39, 0.29) is 0 Å². The molecule has 2 rings (SSSR count).